The summed E-state index contributed by atoms with van der Waals surface area (Å²) in [6.07, 6.45) is -0.648. The van der Waals surface area contributed by atoms with Crippen LogP contribution in [-0.4, -0.2) is 35.2 Å². The molecule has 0 fully saturated rings. The zero-order chi connectivity index (χ0) is 21.2. The molecule has 9 heteroatoms. The van der Waals surface area contributed by atoms with Crippen molar-refractivity contribution >= 4 is 35.6 Å². The SMILES string of the molecule is CCNC(=NCc1ccccc1[N+](=O)[O-])NCC(O)c1ccc(OC(C)C)cc1.I. The summed E-state index contributed by atoms with van der Waals surface area (Å²) in [6.45, 7) is 6.86. The van der Waals surface area contributed by atoms with Gasteiger partial charge in [0, 0.05) is 19.2 Å². The third kappa shape index (κ3) is 8.15. The van der Waals surface area contributed by atoms with E-state index in [0.717, 1.165) is 11.3 Å². The maximum Gasteiger partial charge on any atom is 0.274 e. The van der Waals surface area contributed by atoms with Gasteiger partial charge in [-0.2, -0.15) is 0 Å². The highest BCUT2D eigenvalue weighted by molar-refractivity contribution is 14.0. The molecule has 0 heterocycles. The van der Waals surface area contributed by atoms with Crippen LogP contribution in [0.15, 0.2) is 53.5 Å². The molecule has 2 rings (SSSR count). The van der Waals surface area contributed by atoms with Crippen molar-refractivity contribution in [2.75, 3.05) is 13.1 Å². The normalized spacial score (nSPS) is 12.1. The molecular formula is C21H29IN4O4. The van der Waals surface area contributed by atoms with Crippen molar-refractivity contribution in [3.63, 3.8) is 0 Å². The van der Waals surface area contributed by atoms with E-state index in [4.69, 9.17) is 4.74 Å². The second kappa shape index (κ2) is 13.0. The van der Waals surface area contributed by atoms with Gasteiger partial charge in [0.25, 0.3) is 5.69 Å². The number of hydrogen-bond donors (Lipinski definition) is 3. The van der Waals surface area contributed by atoms with Crippen LogP contribution in [0.5, 0.6) is 5.75 Å². The number of aliphatic hydroxyl groups is 1. The Bertz CT molecular complexity index is 828. The van der Waals surface area contributed by atoms with Gasteiger partial charge in [0.1, 0.15) is 5.75 Å². The Morgan fingerprint density at radius 3 is 2.43 bits per heavy atom. The van der Waals surface area contributed by atoms with Crippen LogP contribution in [0.2, 0.25) is 0 Å². The maximum absolute atomic E-state index is 11.1. The molecule has 0 aromatic heterocycles. The molecule has 0 bridgehead atoms. The van der Waals surface area contributed by atoms with Crippen LogP contribution in [0, 0.1) is 10.1 Å². The lowest BCUT2D eigenvalue weighted by molar-refractivity contribution is -0.385. The maximum atomic E-state index is 11.1. The molecular weight excluding hydrogens is 499 g/mol. The smallest absolute Gasteiger partial charge is 0.274 e. The van der Waals surface area contributed by atoms with Crippen molar-refractivity contribution in [2.45, 2.75) is 39.5 Å². The Hall–Kier alpha value is -2.40. The lowest BCUT2D eigenvalue weighted by Crippen LogP contribution is -2.39. The van der Waals surface area contributed by atoms with Crippen molar-refractivity contribution < 1.29 is 14.8 Å². The molecule has 0 saturated carbocycles. The number of nitro benzene ring substituents is 1. The molecule has 1 unspecified atom stereocenters. The summed E-state index contributed by atoms with van der Waals surface area (Å²) >= 11 is 0. The van der Waals surface area contributed by atoms with E-state index >= 15 is 0 Å². The highest BCUT2D eigenvalue weighted by atomic mass is 127. The molecule has 30 heavy (non-hydrogen) atoms. The Morgan fingerprint density at radius 1 is 1.17 bits per heavy atom. The number of guanidine groups is 1. The van der Waals surface area contributed by atoms with Crippen molar-refractivity contribution in [1.82, 2.24) is 10.6 Å². The zero-order valence-electron chi connectivity index (χ0n) is 17.4. The number of benzene rings is 2. The van der Waals surface area contributed by atoms with Crippen LogP contribution in [0.1, 0.15) is 38.0 Å². The van der Waals surface area contributed by atoms with Crippen LogP contribution in [0.3, 0.4) is 0 Å². The molecule has 0 saturated heterocycles. The van der Waals surface area contributed by atoms with Crippen LogP contribution >= 0.6 is 24.0 Å². The minimum Gasteiger partial charge on any atom is -0.491 e. The minimum atomic E-state index is -0.738. The quantitative estimate of drug-likeness (QED) is 0.150. The number of rotatable bonds is 9. The molecule has 2 aromatic rings. The second-order valence-electron chi connectivity index (χ2n) is 6.71. The Morgan fingerprint density at radius 2 is 1.83 bits per heavy atom. The van der Waals surface area contributed by atoms with Crippen molar-refractivity contribution in [3.8, 4) is 5.75 Å². The van der Waals surface area contributed by atoms with Gasteiger partial charge in [-0.25, -0.2) is 4.99 Å². The van der Waals surface area contributed by atoms with E-state index in [1.165, 1.54) is 6.07 Å². The fraction of sp³-hybridized carbons (Fsp3) is 0.381. The van der Waals surface area contributed by atoms with E-state index in [9.17, 15) is 15.2 Å². The van der Waals surface area contributed by atoms with Crippen molar-refractivity contribution in [1.29, 1.82) is 0 Å². The number of aliphatic imine (C=N–C) groups is 1. The number of nitrogens with one attached hydrogen (secondary N) is 2. The predicted octanol–water partition coefficient (Wildman–Crippen LogP) is 3.79. The minimum absolute atomic E-state index is 0. The lowest BCUT2D eigenvalue weighted by atomic mass is 10.1. The average Bonchev–Trinajstić information content (AvgIpc) is 2.70. The van der Waals surface area contributed by atoms with E-state index in [1.807, 2.05) is 45.0 Å². The first-order valence-electron chi connectivity index (χ1n) is 9.59. The first kappa shape index (κ1) is 25.6. The summed E-state index contributed by atoms with van der Waals surface area (Å²) in [7, 11) is 0. The van der Waals surface area contributed by atoms with Crippen molar-refractivity contribution in [3.05, 3.63) is 69.8 Å². The number of hydrogen-bond acceptors (Lipinski definition) is 5. The molecule has 0 aliphatic rings. The third-order valence-electron chi connectivity index (χ3n) is 4.04. The molecule has 0 aliphatic carbocycles. The number of ether oxygens (including phenoxy) is 1. The van der Waals surface area contributed by atoms with Gasteiger partial charge in [-0.1, -0.05) is 30.3 Å². The monoisotopic (exact) mass is 528 g/mol. The van der Waals surface area contributed by atoms with Gasteiger partial charge >= 0.3 is 0 Å². The van der Waals surface area contributed by atoms with Gasteiger partial charge in [0.15, 0.2) is 5.96 Å². The number of nitrogens with zero attached hydrogens (tertiary/aromatic N) is 2. The van der Waals surface area contributed by atoms with Gasteiger partial charge in [-0.15, -0.1) is 24.0 Å². The van der Waals surface area contributed by atoms with E-state index in [-0.39, 0.29) is 48.9 Å². The largest absolute Gasteiger partial charge is 0.491 e. The van der Waals surface area contributed by atoms with Gasteiger partial charge in [-0.3, -0.25) is 10.1 Å². The summed E-state index contributed by atoms with van der Waals surface area (Å²) in [5, 5.41) is 27.7. The van der Waals surface area contributed by atoms with E-state index in [0.29, 0.717) is 18.1 Å². The fourth-order valence-corrected chi connectivity index (χ4v) is 2.68. The second-order valence-corrected chi connectivity index (χ2v) is 6.71. The number of nitro groups is 1. The number of para-hydroxylation sites is 1. The van der Waals surface area contributed by atoms with Gasteiger partial charge in [-0.05, 0) is 38.5 Å². The number of halogens is 1. The summed E-state index contributed by atoms with van der Waals surface area (Å²) in [6, 6.07) is 13.8. The third-order valence-corrected chi connectivity index (χ3v) is 4.04. The summed E-state index contributed by atoms with van der Waals surface area (Å²) < 4.78 is 5.61. The first-order valence-corrected chi connectivity index (χ1v) is 9.59. The van der Waals surface area contributed by atoms with Gasteiger partial charge < -0.3 is 20.5 Å². The van der Waals surface area contributed by atoms with Crippen LogP contribution in [0.25, 0.3) is 0 Å². The summed E-state index contributed by atoms with van der Waals surface area (Å²) in [5.74, 6) is 1.23. The lowest BCUT2D eigenvalue weighted by Gasteiger charge is -2.16. The zero-order valence-corrected chi connectivity index (χ0v) is 19.7. The molecule has 0 radical (unpaired) electrons. The molecule has 164 valence electrons. The molecule has 0 aliphatic heterocycles. The van der Waals surface area contributed by atoms with Crippen LogP contribution in [-0.2, 0) is 6.54 Å². The summed E-state index contributed by atoms with van der Waals surface area (Å²) in [4.78, 5) is 15.1. The van der Waals surface area contributed by atoms with Crippen LogP contribution in [0.4, 0.5) is 5.69 Å². The van der Waals surface area contributed by atoms with E-state index in [1.54, 1.807) is 18.2 Å². The fourth-order valence-electron chi connectivity index (χ4n) is 2.68. The Labute approximate surface area is 193 Å². The summed E-state index contributed by atoms with van der Waals surface area (Å²) in [5.41, 5.74) is 1.31. The highest BCUT2D eigenvalue weighted by Crippen LogP contribution is 2.19. The van der Waals surface area contributed by atoms with Gasteiger partial charge in [0.2, 0.25) is 0 Å². The van der Waals surface area contributed by atoms with Crippen molar-refractivity contribution in [2.24, 2.45) is 4.99 Å². The Kier molecular flexibility index (Phi) is 11.1. The standard InChI is InChI=1S/C21H28N4O4.HI/c1-4-22-21(23-13-17-7-5-6-8-19(17)25(27)28)24-14-20(26)16-9-11-18(12-10-16)29-15(2)3;/h5-12,15,20,26H,4,13-14H2,1-3H3,(H2,22,23,24);1H. The highest BCUT2D eigenvalue weighted by Gasteiger charge is 2.13. The molecule has 0 amide bonds. The molecule has 0 spiro atoms. The number of aliphatic hydroxyl groups excluding tert-OH is 1. The first-order chi connectivity index (χ1) is 13.9. The Balaban J connectivity index is 0.00000450. The molecule has 2 aromatic carbocycles. The molecule has 1 atom stereocenters. The molecule has 3 N–H and O–H groups in total. The predicted molar refractivity (Wildman–Crippen MR) is 128 cm³/mol. The van der Waals surface area contributed by atoms with Gasteiger partial charge in [0.05, 0.1) is 29.2 Å². The van der Waals surface area contributed by atoms with E-state index < -0.39 is 11.0 Å². The average molecular weight is 528 g/mol. The van der Waals surface area contributed by atoms with Crippen LogP contribution < -0.4 is 15.4 Å². The van der Waals surface area contributed by atoms with E-state index in [2.05, 4.69) is 15.6 Å². The molecule has 8 nitrogen and oxygen atoms in total. The topological polar surface area (TPSA) is 109 Å².